The van der Waals surface area contributed by atoms with Crippen LogP contribution in [-0.2, 0) is 0 Å². The van der Waals surface area contributed by atoms with E-state index in [0.29, 0.717) is 23.5 Å². The molecule has 0 aromatic rings. The van der Waals surface area contributed by atoms with Crippen molar-refractivity contribution in [3.05, 3.63) is 36.1 Å². The molecule has 0 aromatic heterocycles. The fourth-order valence-corrected chi connectivity index (χ4v) is 0.840. The van der Waals surface area contributed by atoms with Gasteiger partial charge in [0.25, 0.3) is 0 Å². The van der Waals surface area contributed by atoms with E-state index < -0.39 is 0 Å². The van der Waals surface area contributed by atoms with Crippen molar-refractivity contribution in [2.75, 3.05) is 6.54 Å². The number of hydrogen-bond acceptors (Lipinski definition) is 3. The number of allylic oxidation sites excluding steroid dienone is 4. The summed E-state index contributed by atoms with van der Waals surface area (Å²) in [6.45, 7) is 10.0. The molecule has 0 heterocycles. The summed E-state index contributed by atoms with van der Waals surface area (Å²) in [5, 5.41) is 7.60. The van der Waals surface area contributed by atoms with E-state index in [2.05, 4.69) is 11.6 Å². The predicted molar refractivity (Wildman–Crippen MR) is 67.6 cm³/mol. The van der Waals surface area contributed by atoms with Gasteiger partial charge in [0.05, 0.1) is 12.3 Å². The summed E-state index contributed by atoms with van der Waals surface area (Å²) in [6, 6.07) is 0. The Bertz CT molecular complexity index is 325. The average Bonchev–Trinajstić information content (AvgIpc) is 2.10. The number of nitrogens with one attached hydrogen (secondary N) is 1. The fourth-order valence-electron chi connectivity index (χ4n) is 0.840. The van der Waals surface area contributed by atoms with Gasteiger partial charge >= 0.3 is 0 Å². The maximum absolute atomic E-state index is 7.60. The molecular weight excluding hydrogens is 186 g/mol. The maximum atomic E-state index is 7.60. The zero-order valence-corrected chi connectivity index (χ0v) is 9.67. The molecule has 0 aliphatic heterocycles. The molecule has 3 nitrogen and oxygen atoms in total. The Morgan fingerprint density at radius 3 is 2.47 bits per heavy atom. The first-order valence-corrected chi connectivity index (χ1v) is 4.79. The number of aliphatic imine (C=N–C) groups is 1. The van der Waals surface area contributed by atoms with Crippen molar-refractivity contribution >= 4 is 11.4 Å². The van der Waals surface area contributed by atoms with Crippen molar-refractivity contribution in [1.29, 1.82) is 5.41 Å². The van der Waals surface area contributed by atoms with E-state index in [1.165, 1.54) is 0 Å². The minimum absolute atomic E-state index is 0.337. The zero-order chi connectivity index (χ0) is 11.8. The Balaban J connectivity index is 4.20. The summed E-state index contributed by atoms with van der Waals surface area (Å²) in [7, 11) is 0. The molecule has 0 bridgehead atoms. The van der Waals surface area contributed by atoms with Gasteiger partial charge in [-0.3, -0.25) is 4.99 Å². The smallest absolute Gasteiger partial charge is 0.0623 e. The van der Waals surface area contributed by atoms with Crippen LogP contribution in [0.15, 0.2) is 41.1 Å². The van der Waals surface area contributed by atoms with Crippen molar-refractivity contribution in [1.82, 2.24) is 0 Å². The third kappa shape index (κ3) is 7.43. The van der Waals surface area contributed by atoms with Gasteiger partial charge in [-0.2, -0.15) is 0 Å². The van der Waals surface area contributed by atoms with Crippen LogP contribution in [0.1, 0.15) is 20.8 Å². The summed E-state index contributed by atoms with van der Waals surface area (Å²) in [5.41, 5.74) is 8.09. The van der Waals surface area contributed by atoms with Gasteiger partial charge in [-0.1, -0.05) is 18.7 Å². The lowest BCUT2D eigenvalue weighted by Crippen LogP contribution is -1.99. The van der Waals surface area contributed by atoms with Crippen molar-refractivity contribution in [2.45, 2.75) is 20.8 Å². The normalized spacial score (nSPS) is 11.5. The van der Waals surface area contributed by atoms with E-state index in [1.807, 2.05) is 19.9 Å². The fraction of sp³-hybridized carbons (Fsp3) is 0.333. The molecule has 0 aliphatic rings. The molecule has 0 fully saturated rings. The van der Waals surface area contributed by atoms with Crippen LogP contribution in [0.25, 0.3) is 0 Å². The number of hydrogen-bond donors (Lipinski definition) is 2. The predicted octanol–water partition coefficient (Wildman–Crippen LogP) is 2.46. The molecule has 0 spiro atoms. The van der Waals surface area contributed by atoms with Crippen molar-refractivity contribution in [3.8, 4) is 0 Å². The lowest BCUT2D eigenvalue weighted by atomic mass is 10.1. The monoisotopic (exact) mass is 205 g/mol. The molecule has 0 aromatic carbocycles. The Hall–Kier alpha value is -1.64. The first kappa shape index (κ1) is 13.4. The Labute approximate surface area is 91.6 Å². The molecule has 82 valence electrons. The van der Waals surface area contributed by atoms with E-state index in [0.717, 1.165) is 5.71 Å². The molecule has 0 rings (SSSR count). The van der Waals surface area contributed by atoms with E-state index >= 15 is 0 Å². The molecule has 3 N–H and O–H groups in total. The molecule has 0 aliphatic carbocycles. The topological polar surface area (TPSA) is 62.2 Å². The van der Waals surface area contributed by atoms with Crippen LogP contribution in [-0.4, -0.2) is 18.0 Å². The molecule has 0 amide bonds. The van der Waals surface area contributed by atoms with E-state index in [4.69, 9.17) is 11.1 Å². The van der Waals surface area contributed by atoms with E-state index in [1.54, 1.807) is 19.1 Å². The molecule has 3 heteroatoms. The van der Waals surface area contributed by atoms with Gasteiger partial charge in [-0.05, 0) is 32.4 Å². The third-order valence-electron chi connectivity index (χ3n) is 1.55. The lowest BCUT2D eigenvalue weighted by Gasteiger charge is -1.97. The largest absolute Gasteiger partial charge is 0.402 e. The summed E-state index contributed by atoms with van der Waals surface area (Å²) >= 11 is 0. The van der Waals surface area contributed by atoms with Crippen molar-refractivity contribution < 1.29 is 0 Å². The molecule has 0 atom stereocenters. The second-order valence-corrected chi connectivity index (χ2v) is 3.52. The molecule has 15 heavy (non-hydrogen) atoms. The van der Waals surface area contributed by atoms with Crippen molar-refractivity contribution in [3.63, 3.8) is 0 Å². The zero-order valence-electron chi connectivity index (χ0n) is 9.67. The van der Waals surface area contributed by atoms with Gasteiger partial charge < -0.3 is 11.1 Å². The van der Waals surface area contributed by atoms with Crippen LogP contribution >= 0.6 is 0 Å². The lowest BCUT2D eigenvalue weighted by molar-refractivity contribution is 1.23. The average molecular weight is 205 g/mol. The van der Waals surface area contributed by atoms with Crippen LogP contribution in [0.4, 0.5) is 0 Å². The van der Waals surface area contributed by atoms with Gasteiger partial charge in [0.1, 0.15) is 0 Å². The minimum atomic E-state index is 0.337. The van der Waals surface area contributed by atoms with Crippen LogP contribution < -0.4 is 5.73 Å². The number of rotatable bonds is 5. The highest BCUT2D eigenvalue weighted by molar-refractivity contribution is 6.07. The highest BCUT2D eigenvalue weighted by Gasteiger charge is 1.94. The Morgan fingerprint density at radius 1 is 1.40 bits per heavy atom. The summed E-state index contributed by atoms with van der Waals surface area (Å²) in [4.78, 5) is 4.19. The molecule has 0 saturated heterocycles. The number of nitrogens with zero attached hydrogens (tertiary/aromatic N) is 1. The second kappa shape index (κ2) is 6.76. The van der Waals surface area contributed by atoms with Gasteiger partial charge in [0, 0.05) is 11.4 Å². The Morgan fingerprint density at radius 2 is 2.00 bits per heavy atom. The molecule has 0 saturated carbocycles. The number of nitrogens with two attached hydrogens (primary N) is 1. The molecule has 0 unspecified atom stereocenters. The van der Waals surface area contributed by atoms with E-state index in [9.17, 15) is 0 Å². The quantitative estimate of drug-likeness (QED) is 0.525. The minimum Gasteiger partial charge on any atom is -0.402 e. The van der Waals surface area contributed by atoms with Gasteiger partial charge in [-0.15, -0.1) is 0 Å². The first-order chi connectivity index (χ1) is 6.93. The standard InChI is InChI=1S/C12H19N3/c1-9(2)15-7-5-6-10(3)12(14)8-11(4)13/h5-6,8,14H,3,7,13H2,1-2,4H3/b6-5?,11-8-,14-12?. The summed E-state index contributed by atoms with van der Waals surface area (Å²) in [6.07, 6.45) is 5.25. The van der Waals surface area contributed by atoms with Crippen molar-refractivity contribution in [2.24, 2.45) is 10.7 Å². The van der Waals surface area contributed by atoms with Crippen LogP contribution in [0.3, 0.4) is 0 Å². The van der Waals surface area contributed by atoms with Gasteiger partial charge in [0.15, 0.2) is 0 Å². The highest BCUT2D eigenvalue weighted by Crippen LogP contribution is 1.98. The van der Waals surface area contributed by atoms with Crippen LogP contribution in [0, 0.1) is 5.41 Å². The van der Waals surface area contributed by atoms with E-state index in [-0.39, 0.29) is 0 Å². The van der Waals surface area contributed by atoms with Gasteiger partial charge in [0.2, 0.25) is 0 Å². The highest BCUT2D eigenvalue weighted by atomic mass is 14.7. The first-order valence-electron chi connectivity index (χ1n) is 4.79. The summed E-state index contributed by atoms with van der Waals surface area (Å²) in [5.74, 6) is 0. The molecule has 0 radical (unpaired) electrons. The third-order valence-corrected chi connectivity index (χ3v) is 1.55. The molecular formula is C12H19N3. The van der Waals surface area contributed by atoms with Gasteiger partial charge in [-0.25, -0.2) is 0 Å². The van der Waals surface area contributed by atoms with Crippen LogP contribution in [0.5, 0.6) is 0 Å². The second-order valence-electron chi connectivity index (χ2n) is 3.52. The maximum Gasteiger partial charge on any atom is 0.0623 e. The SMILES string of the molecule is C=C(C=CCN=C(C)C)C(=N)/C=C(/C)N. The Kier molecular flexibility index (Phi) is 6.02. The van der Waals surface area contributed by atoms with Crippen LogP contribution in [0.2, 0.25) is 0 Å². The summed E-state index contributed by atoms with van der Waals surface area (Å²) < 4.78 is 0.